The van der Waals surface area contributed by atoms with Crippen LogP contribution in [0, 0.1) is 5.92 Å². The number of aliphatic hydroxyl groups excluding tert-OH is 1. The van der Waals surface area contributed by atoms with Crippen molar-refractivity contribution in [2.75, 3.05) is 18.9 Å². The number of nitrogen functional groups attached to an aromatic ring is 1. The Balaban J connectivity index is 1.68. The van der Waals surface area contributed by atoms with Gasteiger partial charge in [-0.15, -0.1) is 11.8 Å². The minimum atomic E-state index is -4.08. The van der Waals surface area contributed by atoms with Crippen molar-refractivity contribution in [3.8, 4) is 5.75 Å². The molecule has 0 bridgehead atoms. The molecule has 0 spiro atoms. The highest BCUT2D eigenvalue weighted by Gasteiger charge is 2.39. The molecule has 3 rings (SSSR count). The van der Waals surface area contributed by atoms with Gasteiger partial charge in [0.15, 0.2) is 0 Å². The third kappa shape index (κ3) is 8.27. The number of nitrogens with one attached hydrogen (secondary N) is 1. The molecule has 2 unspecified atom stereocenters. The van der Waals surface area contributed by atoms with Gasteiger partial charge in [-0.25, -0.2) is 14.3 Å². The number of carbonyl (C=O) groups excluding carboxylic acids is 1. The van der Waals surface area contributed by atoms with E-state index in [9.17, 15) is 19.3 Å². The summed E-state index contributed by atoms with van der Waals surface area (Å²) in [5.41, 5.74) is 4.87. The Kier molecular flexibility index (Phi) is 10.5. The van der Waals surface area contributed by atoms with Gasteiger partial charge in [-0.3, -0.25) is 13.9 Å². The van der Waals surface area contributed by atoms with Crippen LogP contribution in [0.4, 0.5) is 5.95 Å². The van der Waals surface area contributed by atoms with Crippen LogP contribution >= 0.6 is 19.5 Å². The van der Waals surface area contributed by atoms with Crippen LogP contribution in [0.2, 0.25) is 0 Å². The van der Waals surface area contributed by atoms with E-state index in [0.29, 0.717) is 0 Å². The van der Waals surface area contributed by atoms with Crippen molar-refractivity contribution in [2.45, 2.75) is 62.8 Å². The molecule has 0 radical (unpaired) electrons. The van der Waals surface area contributed by atoms with Crippen LogP contribution in [0.15, 0.2) is 41.5 Å². The van der Waals surface area contributed by atoms with Gasteiger partial charge in [-0.1, -0.05) is 44.9 Å². The summed E-state index contributed by atoms with van der Waals surface area (Å²) in [6.07, 6.45) is 2.38. The average molecular weight is 556 g/mol. The summed E-state index contributed by atoms with van der Waals surface area (Å²) < 4.78 is 31.7. The molecule has 0 amide bonds. The molecule has 1 aromatic heterocycles. The summed E-state index contributed by atoms with van der Waals surface area (Å²) in [6.45, 7) is 5.65. The predicted molar refractivity (Wildman–Crippen MR) is 140 cm³/mol. The highest BCUT2D eigenvalue weighted by molar-refractivity contribution is 8.00. The number of nitrogens with two attached hydrogens (primary N) is 1. The first-order chi connectivity index (χ1) is 17.6. The molecule has 1 fully saturated rings. The second-order valence-corrected chi connectivity index (χ2v) is 11.8. The summed E-state index contributed by atoms with van der Waals surface area (Å²) in [6, 6.07) is 7.43. The number of thioether (sulfide) groups is 1. The number of ether oxygens (including phenoxy) is 1. The van der Waals surface area contributed by atoms with Crippen molar-refractivity contribution < 1.29 is 28.3 Å². The first kappa shape index (κ1) is 29.1. The molecule has 2 aromatic rings. The van der Waals surface area contributed by atoms with E-state index in [2.05, 4.69) is 15.1 Å². The second kappa shape index (κ2) is 13.4. The van der Waals surface area contributed by atoms with Gasteiger partial charge >= 0.3 is 19.4 Å². The smallest absolute Gasteiger partial charge is 0.459 e. The molecule has 37 heavy (non-hydrogen) atoms. The molecule has 14 heteroatoms. The fourth-order valence-electron chi connectivity index (χ4n) is 3.61. The number of aromatic nitrogens is 3. The number of hydrogen-bond acceptors (Lipinski definition) is 11. The minimum Gasteiger partial charge on any atom is -0.464 e. The zero-order chi connectivity index (χ0) is 27.0. The molecule has 1 aliphatic rings. The molecule has 1 saturated heterocycles. The lowest BCUT2D eigenvalue weighted by atomic mass is 10.1. The van der Waals surface area contributed by atoms with Gasteiger partial charge in [0.05, 0.1) is 29.9 Å². The van der Waals surface area contributed by atoms with E-state index >= 15 is 0 Å². The zero-order valence-corrected chi connectivity index (χ0v) is 22.8. The van der Waals surface area contributed by atoms with E-state index in [1.165, 1.54) is 29.6 Å². The van der Waals surface area contributed by atoms with Gasteiger partial charge in [0.1, 0.15) is 18.1 Å². The van der Waals surface area contributed by atoms with Crippen molar-refractivity contribution in [3.05, 3.63) is 47.1 Å². The average Bonchev–Trinajstić information content (AvgIpc) is 3.23. The van der Waals surface area contributed by atoms with Gasteiger partial charge in [0, 0.05) is 6.42 Å². The molecule has 0 aliphatic carbocycles. The van der Waals surface area contributed by atoms with Gasteiger partial charge in [0.2, 0.25) is 5.95 Å². The number of benzene rings is 1. The summed E-state index contributed by atoms with van der Waals surface area (Å²) in [5.74, 6) is -0.195. The SMILES string of the molecule is CCC(CC)COC(=O)[C@H](C)NP(=O)(OC[C@H]1S[C@@H](n2cnc(N)nc2=O)CC1O)Oc1ccccc1. The molecule has 12 nitrogen and oxygen atoms in total. The lowest BCUT2D eigenvalue weighted by Gasteiger charge is -2.25. The van der Waals surface area contributed by atoms with Crippen LogP contribution in [0.3, 0.4) is 0 Å². The Labute approximate surface area is 219 Å². The first-order valence-corrected chi connectivity index (χ1v) is 14.6. The lowest BCUT2D eigenvalue weighted by Crippen LogP contribution is -2.36. The number of esters is 1. The maximum atomic E-state index is 13.7. The Morgan fingerprint density at radius 3 is 2.68 bits per heavy atom. The quantitative estimate of drug-likeness (QED) is 0.244. The fourth-order valence-corrected chi connectivity index (χ4v) is 6.65. The number of carbonyl (C=O) groups is 1. The minimum absolute atomic E-state index is 0.137. The summed E-state index contributed by atoms with van der Waals surface area (Å²) in [7, 11) is -4.08. The normalized spacial score (nSPS) is 21.9. The Hall–Kier alpha value is -2.44. The van der Waals surface area contributed by atoms with Crippen molar-refractivity contribution in [1.82, 2.24) is 19.6 Å². The summed E-state index contributed by atoms with van der Waals surface area (Å²) in [4.78, 5) is 32.2. The van der Waals surface area contributed by atoms with Crippen LogP contribution in [0.25, 0.3) is 0 Å². The third-order valence-electron chi connectivity index (χ3n) is 5.96. The number of rotatable bonds is 13. The van der Waals surface area contributed by atoms with Crippen LogP contribution in [0.1, 0.15) is 45.4 Å². The highest BCUT2D eigenvalue weighted by Crippen LogP contribution is 2.48. The Morgan fingerprint density at radius 2 is 2.03 bits per heavy atom. The molecular formula is C23H34N5O7PS. The standard InChI is InChI=1S/C23H34N5O7PS/c1-4-16(5-2)12-33-21(30)15(3)27-36(32,35-17-9-7-6-8-10-17)34-13-19-18(29)11-20(37-19)28-14-25-22(24)26-23(28)31/h6-10,14-16,18-20,29H,4-5,11-13H2,1-3H3,(H,27,32)(H2,24,26,31)/t15-,18?,19+,20+,36?/m0/s1. The Morgan fingerprint density at radius 1 is 1.32 bits per heavy atom. The Bertz CT molecular complexity index is 1130. The number of hydrogen-bond donors (Lipinski definition) is 3. The number of nitrogens with zero attached hydrogens (tertiary/aromatic N) is 3. The van der Waals surface area contributed by atoms with E-state index in [1.807, 2.05) is 13.8 Å². The van der Waals surface area contributed by atoms with Gasteiger partial charge in [-0.05, 0) is 25.0 Å². The van der Waals surface area contributed by atoms with Crippen molar-refractivity contribution in [1.29, 1.82) is 0 Å². The topological polar surface area (TPSA) is 168 Å². The molecule has 5 atom stereocenters. The second-order valence-electron chi connectivity index (χ2n) is 8.70. The summed E-state index contributed by atoms with van der Waals surface area (Å²) in [5, 5.41) is 12.2. The third-order valence-corrected chi connectivity index (χ3v) is 9.14. The fraction of sp³-hybridized carbons (Fsp3) is 0.565. The van der Waals surface area contributed by atoms with Gasteiger partial charge < -0.3 is 20.1 Å². The molecule has 0 saturated carbocycles. The zero-order valence-electron chi connectivity index (χ0n) is 21.1. The maximum absolute atomic E-state index is 13.7. The molecule has 1 aliphatic heterocycles. The van der Waals surface area contributed by atoms with Crippen LogP contribution in [0.5, 0.6) is 5.75 Å². The largest absolute Gasteiger partial charge is 0.464 e. The van der Waals surface area contributed by atoms with E-state index in [4.69, 9.17) is 19.5 Å². The first-order valence-electron chi connectivity index (χ1n) is 12.1. The van der Waals surface area contributed by atoms with Gasteiger partial charge in [-0.2, -0.15) is 10.1 Å². The molecule has 204 valence electrons. The molecular weight excluding hydrogens is 521 g/mol. The number of aliphatic hydroxyl groups is 1. The highest BCUT2D eigenvalue weighted by atomic mass is 32.2. The van der Waals surface area contributed by atoms with E-state index < -0.39 is 42.2 Å². The summed E-state index contributed by atoms with van der Waals surface area (Å²) >= 11 is 1.25. The van der Waals surface area contributed by atoms with E-state index in [0.717, 1.165) is 12.8 Å². The van der Waals surface area contributed by atoms with Crippen LogP contribution < -0.4 is 21.0 Å². The van der Waals surface area contributed by atoms with Crippen molar-refractivity contribution in [2.24, 2.45) is 5.92 Å². The number of anilines is 1. The van der Waals surface area contributed by atoms with E-state index in [-0.39, 0.29) is 37.3 Å². The number of para-hydroxylation sites is 1. The van der Waals surface area contributed by atoms with Crippen molar-refractivity contribution in [3.63, 3.8) is 0 Å². The lowest BCUT2D eigenvalue weighted by molar-refractivity contribution is -0.146. The van der Waals surface area contributed by atoms with E-state index in [1.54, 1.807) is 30.3 Å². The predicted octanol–water partition coefficient (Wildman–Crippen LogP) is 2.75. The van der Waals surface area contributed by atoms with Crippen molar-refractivity contribution >= 4 is 31.4 Å². The van der Waals surface area contributed by atoms with Crippen LogP contribution in [-0.4, -0.2) is 56.2 Å². The van der Waals surface area contributed by atoms with Gasteiger partial charge in [0.25, 0.3) is 0 Å². The molecule has 1 aromatic carbocycles. The maximum Gasteiger partial charge on any atom is 0.459 e. The molecule has 4 N–H and O–H groups in total. The van der Waals surface area contributed by atoms with Crippen LogP contribution in [-0.2, 0) is 18.6 Å². The monoisotopic (exact) mass is 555 g/mol. The molecule has 2 heterocycles.